The van der Waals surface area contributed by atoms with E-state index in [1.165, 1.54) is 18.2 Å². The lowest BCUT2D eigenvalue weighted by molar-refractivity contribution is -0.384. The number of nitro benzene ring substituents is 1. The fraction of sp³-hybridized carbons (Fsp3) is 0.0769. The molecule has 7 heteroatoms. The molecule has 0 aliphatic heterocycles. The highest BCUT2D eigenvalue weighted by atomic mass is 79.9. The summed E-state index contributed by atoms with van der Waals surface area (Å²) < 4.78 is 0.480. The molecule has 102 valence electrons. The van der Waals surface area contributed by atoms with Gasteiger partial charge in [0, 0.05) is 22.3 Å². The van der Waals surface area contributed by atoms with Crippen LogP contribution in [0.15, 0.2) is 40.9 Å². The molecule has 1 aromatic heterocycles. The van der Waals surface area contributed by atoms with Crippen LogP contribution in [0.25, 0.3) is 0 Å². The maximum atomic E-state index is 12.1. The van der Waals surface area contributed by atoms with Crippen LogP contribution in [0.4, 0.5) is 11.5 Å². The second-order valence-corrected chi connectivity index (χ2v) is 4.89. The number of carbonyl (C=O) groups excluding carboxylic acids is 1. The van der Waals surface area contributed by atoms with E-state index in [0.29, 0.717) is 10.3 Å². The summed E-state index contributed by atoms with van der Waals surface area (Å²) in [5, 5.41) is 13.3. The van der Waals surface area contributed by atoms with E-state index < -0.39 is 10.8 Å². The Hall–Kier alpha value is -2.28. The molecule has 1 N–H and O–H groups in total. The molecule has 0 atom stereocenters. The summed E-state index contributed by atoms with van der Waals surface area (Å²) in [5.74, 6) is -0.0629. The number of nitrogens with one attached hydrogen (secondary N) is 1. The molecule has 2 rings (SSSR count). The Morgan fingerprint density at radius 2 is 2.10 bits per heavy atom. The zero-order chi connectivity index (χ0) is 14.7. The molecule has 0 aliphatic carbocycles. The van der Waals surface area contributed by atoms with Gasteiger partial charge in [-0.1, -0.05) is 6.07 Å². The number of pyridine rings is 1. The first-order valence-corrected chi connectivity index (χ1v) is 6.45. The number of nitro groups is 1. The molecule has 0 unspecified atom stereocenters. The number of amides is 1. The molecule has 20 heavy (non-hydrogen) atoms. The Balaban J connectivity index is 2.29. The SMILES string of the molecule is Cc1cccc(NC(=O)c2cc([N+](=O)[O-])ccc2Br)n1. The van der Waals surface area contributed by atoms with E-state index in [-0.39, 0.29) is 11.3 Å². The molecule has 1 heterocycles. The lowest BCUT2D eigenvalue weighted by Crippen LogP contribution is -2.14. The van der Waals surface area contributed by atoms with E-state index in [9.17, 15) is 14.9 Å². The van der Waals surface area contributed by atoms with Crippen LogP contribution in [0.2, 0.25) is 0 Å². The van der Waals surface area contributed by atoms with Crippen molar-refractivity contribution in [3.05, 3.63) is 62.2 Å². The maximum absolute atomic E-state index is 12.1. The van der Waals surface area contributed by atoms with Gasteiger partial charge in [-0.25, -0.2) is 4.98 Å². The first-order chi connectivity index (χ1) is 9.47. The number of aromatic nitrogens is 1. The van der Waals surface area contributed by atoms with Gasteiger partial charge in [-0.15, -0.1) is 0 Å². The third-order valence-corrected chi connectivity index (χ3v) is 3.23. The van der Waals surface area contributed by atoms with Crippen LogP contribution >= 0.6 is 15.9 Å². The van der Waals surface area contributed by atoms with E-state index in [1.54, 1.807) is 25.1 Å². The van der Waals surface area contributed by atoms with Crippen molar-refractivity contribution in [3.63, 3.8) is 0 Å². The fourth-order valence-corrected chi connectivity index (χ4v) is 2.02. The highest BCUT2D eigenvalue weighted by Gasteiger charge is 2.16. The molecule has 0 bridgehead atoms. The highest BCUT2D eigenvalue weighted by molar-refractivity contribution is 9.10. The van der Waals surface area contributed by atoms with Crippen molar-refractivity contribution in [3.8, 4) is 0 Å². The molecule has 0 spiro atoms. The standard InChI is InChI=1S/C13H10BrN3O3/c1-8-3-2-4-12(15-8)16-13(18)10-7-9(17(19)20)5-6-11(10)14/h2-7H,1H3,(H,15,16,18). The van der Waals surface area contributed by atoms with Crippen LogP contribution in [0.1, 0.15) is 16.1 Å². The largest absolute Gasteiger partial charge is 0.307 e. The quantitative estimate of drug-likeness (QED) is 0.688. The molecular weight excluding hydrogens is 326 g/mol. The second-order valence-electron chi connectivity index (χ2n) is 4.04. The molecule has 1 aromatic carbocycles. The molecular formula is C13H10BrN3O3. The first-order valence-electron chi connectivity index (χ1n) is 5.66. The van der Waals surface area contributed by atoms with Crippen LogP contribution in [-0.2, 0) is 0 Å². The van der Waals surface area contributed by atoms with Gasteiger partial charge in [0.15, 0.2) is 0 Å². The number of halogens is 1. The second kappa shape index (κ2) is 5.79. The average Bonchev–Trinajstić information content (AvgIpc) is 2.38. The van der Waals surface area contributed by atoms with Gasteiger partial charge in [0.1, 0.15) is 5.82 Å². The lowest BCUT2D eigenvalue weighted by Gasteiger charge is -2.06. The molecule has 6 nitrogen and oxygen atoms in total. The van der Waals surface area contributed by atoms with E-state index >= 15 is 0 Å². The van der Waals surface area contributed by atoms with Gasteiger partial charge in [-0.2, -0.15) is 0 Å². The summed E-state index contributed by atoms with van der Waals surface area (Å²) in [4.78, 5) is 26.5. The average molecular weight is 336 g/mol. The first kappa shape index (κ1) is 14.1. The number of hydrogen-bond acceptors (Lipinski definition) is 4. The van der Waals surface area contributed by atoms with Gasteiger partial charge in [0.2, 0.25) is 0 Å². The summed E-state index contributed by atoms with van der Waals surface area (Å²) in [7, 11) is 0. The van der Waals surface area contributed by atoms with E-state index in [0.717, 1.165) is 5.69 Å². The van der Waals surface area contributed by atoms with Crippen molar-refractivity contribution in [1.82, 2.24) is 4.98 Å². The van der Waals surface area contributed by atoms with E-state index in [2.05, 4.69) is 26.2 Å². The third-order valence-electron chi connectivity index (χ3n) is 2.54. The van der Waals surface area contributed by atoms with Crippen molar-refractivity contribution in [2.45, 2.75) is 6.92 Å². The van der Waals surface area contributed by atoms with E-state index in [1.807, 2.05) is 0 Å². The van der Waals surface area contributed by atoms with Gasteiger partial charge in [-0.3, -0.25) is 14.9 Å². The zero-order valence-electron chi connectivity index (χ0n) is 10.5. The number of anilines is 1. The summed E-state index contributed by atoms with van der Waals surface area (Å²) >= 11 is 3.20. The van der Waals surface area contributed by atoms with Crippen molar-refractivity contribution in [2.75, 3.05) is 5.32 Å². The topological polar surface area (TPSA) is 85.1 Å². The molecule has 0 fully saturated rings. The Kier molecular flexibility index (Phi) is 4.09. The fourth-order valence-electron chi connectivity index (χ4n) is 1.60. The minimum absolute atomic E-state index is 0.143. The Morgan fingerprint density at radius 1 is 1.35 bits per heavy atom. The van der Waals surface area contributed by atoms with Crippen molar-refractivity contribution < 1.29 is 9.72 Å². The van der Waals surface area contributed by atoms with Crippen molar-refractivity contribution in [1.29, 1.82) is 0 Å². The number of rotatable bonds is 3. The third kappa shape index (κ3) is 3.18. The Bertz CT molecular complexity index is 688. The summed E-state index contributed by atoms with van der Waals surface area (Å²) in [6, 6.07) is 9.23. The highest BCUT2D eigenvalue weighted by Crippen LogP contribution is 2.23. The summed E-state index contributed by atoms with van der Waals surface area (Å²) in [5.41, 5.74) is 0.805. The molecule has 2 aromatic rings. The normalized spacial score (nSPS) is 10.1. The van der Waals surface area contributed by atoms with Crippen molar-refractivity contribution >= 4 is 33.3 Å². The maximum Gasteiger partial charge on any atom is 0.270 e. The molecule has 0 saturated carbocycles. The minimum Gasteiger partial charge on any atom is -0.307 e. The van der Waals surface area contributed by atoms with E-state index in [4.69, 9.17) is 0 Å². The smallest absolute Gasteiger partial charge is 0.270 e. The number of carbonyl (C=O) groups is 1. The number of non-ortho nitro benzene ring substituents is 1. The van der Waals surface area contributed by atoms with Crippen LogP contribution in [-0.4, -0.2) is 15.8 Å². The lowest BCUT2D eigenvalue weighted by atomic mass is 10.2. The van der Waals surface area contributed by atoms with Crippen LogP contribution in [0, 0.1) is 17.0 Å². The van der Waals surface area contributed by atoms with Crippen molar-refractivity contribution in [2.24, 2.45) is 0 Å². The monoisotopic (exact) mass is 335 g/mol. The number of hydrogen-bond donors (Lipinski definition) is 1. The number of benzene rings is 1. The number of nitrogens with zero attached hydrogens (tertiary/aromatic N) is 2. The Morgan fingerprint density at radius 3 is 2.75 bits per heavy atom. The summed E-state index contributed by atoms with van der Waals surface area (Å²) in [6.45, 7) is 1.80. The van der Waals surface area contributed by atoms with Gasteiger partial charge in [-0.05, 0) is 41.1 Å². The van der Waals surface area contributed by atoms with Gasteiger partial charge in [0.05, 0.1) is 10.5 Å². The summed E-state index contributed by atoms with van der Waals surface area (Å²) in [6.07, 6.45) is 0. The molecule has 0 aliphatic rings. The predicted octanol–water partition coefficient (Wildman–Crippen LogP) is 3.31. The molecule has 0 radical (unpaired) electrons. The molecule has 1 amide bonds. The zero-order valence-corrected chi connectivity index (χ0v) is 12.0. The van der Waals surface area contributed by atoms with Crippen LogP contribution < -0.4 is 5.32 Å². The van der Waals surface area contributed by atoms with Crippen LogP contribution in [0.3, 0.4) is 0 Å². The van der Waals surface area contributed by atoms with Crippen LogP contribution in [0.5, 0.6) is 0 Å². The predicted molar refractivity (Wildman–Crippen MR) is 77.7 cm³/mol. The molecule has 0 saturated heterocycles. The van der Waals surface area contributed by atoms with Gasteiger partial charge < -0.3 is 5.32 Å². The van der Waals surface area contributed by atoms with Gasteiger partial charge in [0.25, 0.3) is 11.6 Å². The Labute approximate surface area is 123 Å². The minimum atomic E-state index is -0.547. The number of aryl methyl sites for hydroxylation is 1. The van der Waals surface area contributed by atoms with Gasteiger partial charge >= 0.3 is 0 Å².